The summed E-state index contributed by atoms with van der Waals surface area (Å²) in [7, 11) is 0. The molecule has 5 nitrogen and oxygen atoms in total. The fourth-order valence-corrected chi connectivity index (χ4v) is 0.881. The lowest BCUT2D eigenvalue weighted by molar-refractivity contribution is -0.325. The Hall–Kier alpha value is -1.15. The van der Waals surface area contributed by atoms with E-state index in [2.05, 4.69) is 14.8 Å². The van der Waals surface area contributed by atoms with E-state index < -0.39 is 13.0 Å². The Balaban J connectivity index is 2.38. The van der Waals surface area contributed by atoms with Crippen molar-refractivity contribution >= 4 is 0 Å². The average Bonchev–Trinajstić information content (AvgIpc) is 2.49. The van der Waals surface area contributed by atoms with Crippen molar-refractivity contribution in [3.05, 3.63) is 12.2 Å². The monoisotopic (exact) mass is 210 g/mol. The van der Waals surface area contributed by atoms with Crippen LogP contribution in [0.3, 0.4) is 0 Å². The van der Waals surface area contributed by atoms with Gasteiger partial charge in [0.1, 0.15) is 12.2 Å². The van der Waals surface area contributed by atoms with Crippen molar-refractivity contribution in [1.82, 2.24) is 14.8 Å². The van der Waals surface area contributed by atoms with Crippen molar-refractivity contribution in [3.8, 4) is 0 Å². The van der Waals surface area contributed by atoms with Gasteiger partial charge >= 0.3 is 6.36 Å². The van der Waals surface area contributed by atoms with Gasteiger partial charge in [-0.05, 0) is 0 Å². The summed E-state index contributed by atoms with van der Waals surface area (Å²) in [5, 5.41) is 3.68. The van der Waals surface area contributed by atoms with Crippen LogP contribution < -0.4 is 5.73 Å². The van der Waals surface area contributed by atoms with Crippen LogP contribution in [-0.4, -0.2) is 27.7 Å². The molecule has 1 aromatic rings. The van der Waals surface area contributed by atoms with E-state index in [4.69, 9.17) is 5.73 Å². The Morgan fingerprint density at radius 1 is 1.50 bits per heavy atom. The molecule has 1 heterocycles. The lowest BCUT2D eigenvalue weighted by Gasteiger charge is -2.07. The first kappa shape index (κ1) is 10.9. The zero-order valence-electron chi connectivity index (χ0n) is 7.16. The summed E-state index contributed by atoms with van der Waals surface area (Å²) in [6.07, 6.45) is -3.38. The van der Waals surface area contributed by atoms with Crippen LogP contribution in [0, 0.1) is 0 Å². The molecule has 14 heavy (non-hydrogen) atoms. The Labute approximate surface area is 77.7 Å². The van der Waals surface area contributed by atoms with E-state index in [0.717, 1.165) is 0 Å². The van der Waals surface area contributed by atoms with E-state index in [1.807, 2.05) is 0 Å². The zero-order chi connectivity index (χ0) is 10.6. The first-order chi connectivity index (χ1) is 6.53. The Morgan fingerprint density at radius 2 is 2.21 bits per heavy atom. The molecule has 1 aromatic heterocycles. The minimum absolute atomic E-state index is 0.0218. The number of alkyl halides is 3. The van der Waals surface area contributed by atoms with Gasteiger partial charge in [-0.1, -0.05) is 0 Å². The van der Waals surface area contributed by atoms with E-state index in [1.165, 1.54) is 11.0 Å². The van der Waals surface area contributed by atoms with E-state index in [0.29, 0.717) is 5.82 Å². The molecule has 0 radical (unpaired) electrons. The summed E-state index contributed by atoms with van der Waals surface area (Å²) in [5.41, 5.74) is 5.27. The molecule has 0 aliphatic rings. The van der Waals surface area contributed by atoms with Crippen LogP contribution in [0.15, 0.2) is 6.33 Å². The van der Waals surface area contributed by atoms with Crippen LogP contribution in [0.1, 0.15) is 5.82 Å². The molecule has 0 unspecified atom stereocenters. The molecule has 0 saturated carbocycles. The van der Waals surface area contributed by atoms with Gasteiger partial charge in [-0.2, -0.15) is 5.10 Å². The molecule has 0 aromatic carbocycles. The molecule has 0 aliphatic heterocycles. The number of ether oxygens (including phenoxy) is 1. The maximum Gasteiger partial charge on any atom is 0.522 e. The number of halogens is 3. The zero-order valence-corrected chi connectivity index (χ0v) is 7.16. The summed E-state index contributed by atoms with van der Waals surface area (Å²) in [4.78, 5) is 3.74. The number of nitrogens with zero attached hydrogens (tertiary/aromatic N) is 3. The van der Waals surface area contributed by atoms with Crippen molar-refractivity contribution < 1.29 is 17.9 Å². The summed E-state index contributed by atoms with van der Waals surface area (Å²) < 4.78 is 39.6. The van der Waals surface area contributed by atoms with Gasteiger partial charge in [0.05, 0.1) is 19.7 Å². The highest BCUT2D eigenvalue weighted by atomic mass is 19.4. The smallest absolute Gasteiger partial charge is 0.324 e. The maximum atomic E-state index is 11.6. The number of aromatic nitrogens is 3. The van der Waals surface area contributed by atoms with Gasteiger partial charge in [0.25, 0.3) is 0 Å². The van der Waals surface area contributed by atoms with Gasteiger partial charge in [-0.15, -0.1) is 13.2 Å². The molecule has 0 aliphatic carbocycles. The molecule has 0 saturated heterocycles. The fourth-order valence-electron chi connectivity index (χ4n) is 0.881. The van der Waals surface area contributed by atoms with Crippen LogP contribution in [0.4, 0.5) is 13.2 Å². The third-order valence-electron chi connectivity index (χ3n) is 1.45. The number of nitrogens with two attached hydrogens (primary N) is 1. The first-order valence-electron chi connectivity index (χ1n) is 3.80. The Kier molecular flexibility index (Phi) is 3.42. The predicted molar refractivity (Wildman–Crippen MR) is 39.9 cm³/mol. The van der Waals surface area contributed by atoms with Crippen molar-refractivity contribution in [3.63, 3.8) is 0 Å². The lowest BCUT2D eigenvalue weighted by atomic mass is 10.6. The summed E-state index contributed by atoms with van der Waals surface area (Å²) in [5.74, 6) is 0.427. The highest BCUT2D eigenvalue weighted by Crippen LogP contribution is 2.15. The average molecular weight is 210 g/mol. The fraction of sp³-hybridized carbons (Fsp3) is 0.667. The largest absolute Gasteiger partial charge is 0.522 e. The molecule has 2 N–H and O–H groups in total. The highest BCUT2D eigenvalue weighted by molar-refractivity contribution is 4.81. The molecule has 0 atom stereocenters. The molecule has 0 bridgehead atoms. The SMILES string of the molecule is NCc1ncnn1CCOC(F)(F)F. The molecule has 8 heteroatoms. The van der Waals surface area contributed by atoms with Crippen LogP contribution in [-0.2, 0) is 17.8 Å². The summed E-state index contributed by atoms with van der Waals surface area (Å²) in [6.45, 7) is -0.391. The highest BCUT2D eigenvalue weighted by Gasteiger charge is 2.28. The van der Waals surface area contributed by atoms with Crippen LogP contribution in [0.25, 0.3) is 0 Å². The molecule has 0 amide bonds. The van der Waals surface area contributed by atoms with Crippen molar-refractivity contribution in [2.45, 2.75) is 19.5 Å². The predicted octanol–water partition coefficient (Wildman–Crippen LogP) is 0.273. The topological polar surface area (TPSA) is 66.0 Å². The minimum Gasteiger partial charge on any atom is -0.324 e. The summed E-state index contributed by atoms with van der Waals surface area (Å²) >= 11 is 0. The minimum atomic E-state index is -4.61. The third kappa shape index (κ3) is 3.30. The van der Waals surface area contributed by atoms with Gasteiger partial charge < -0.3 is 5.73 Å². The second-order valence-corrected chi connectivity index (χ2v) is 2.40. The first-order valence-corrected chi connectivity index (χ1v) is 3.80. The normalized spacial score (nSPS) is 12.0. The van der Waals surface area contributed by atoms with Crippen LogP contribution in [0.5, 0.6) is 0 Å². The van der Waals surface area contributed by atoms with Gasteiger partial charge in [0.15, 0.2) is 0 Å². The second kappa shape index (κ2) is 4.38. The number of hydrogen-bond donors (Lipinski definition) is 1. The Bertz CT molecular complexity index is 285. The number of rotatable bonds is 4. The lowest BCUT2D eigenvalue weighted by Crippen LogP contribution is -2.19. The molecule has 80 valence electrons. The quantitative estimate of drug-likeness (QED) is 0.774. The molecule has 1 rings (SSSR count). The number of hydrogen-bond acceptors (Lipinski definition) is 4. The van der Waals surface area contributed by atoms with Crippen molar-refractivity contribution in [1.29, 1.82) is 0 Å². The Morgan fingerprint density at radius 3 is 2.79 bits per heavy atom. The van der Waals surface area contributed by atoms with Crippen LogP contribution >= 0.6 is 0 Å². The van der Waals surface area contributed by atoms with Crippen LogP contribution in [0.2, 0.25) is 0 Å². The third-order valence-corrected chi connectivity index (χ3v) is 1.45. The van der Waals surface area contributed by atoms with E-state index in [-0.39, 0.29) is 13.1 Å². The van der Waals surface area contributed by atoms with Gasteiger partial charge in [0.2, 0.25) is 0 Å². The van der Waals surface area contributed by atoms with E-state index >= 15 is 0 Å². The maximum absolute atomic E-state index is 11.6. The van der Waals surface area contributed by atoms with E-state index in [1.54, 1.807) is 0 Å². The van der Waals surface area contributed by atoms with Crippen molar-refractivity contribution in [2.75, 3.05) is 6.61 Å². The summed E-state index contributed by atoms with van der Waals surface area (Å²) in [6, 6.07) is 0. The molecule has 0 fully saturated rings. The van der Waals surface area contributed by atoms with Gasteiger partial charge in [0, 0.05) is 0 Å². The standard InChI is InChI=1S/C6H9F3N4O/c7-6(8,9)14-2-1-13-5(3-10)11-4-12-13/h4H,1-3,10H2. The molecular weight excluding hydrogens is 201 g/mol. The van der Waals surface area contributed by atoms with Gasteiger partial charge in [-0.25, -0.2) is 9.67 Å². The molecule has 0 spiro atoms. The molecular formula is C6H9F3N4O. The van der Waals surface area contributed by atoms with Gasteiger partial charge in [-0.3, -0.25) is 4.74 Å². The van der Waals surface area contributed by atoms with E-state index in [9.17, 15) is 13.2 Å². The van der Waals surface area contributed by atoms with Crippen molar-refractivity contribution in [2.24, 2.45) is 5.73 Å². The second-order valence-electron chi connectivity index (χ2n) is 2.40.